The van der Waals surface area contributed by atoms with Crippen LogP contribution in [0, 0.1) is 25.2 Å². The highest BCUT2D eigenvalue weighted by Crippen LogP contribution is 2.28. The number of aryl methyl sites for hydroxylation is 2. The summed E-state index contributed by atoms with van der Waals surface area (Å²) >= 11 is 0. The second-order valence-electron chi connectivity index (χ2n) is 5.65. The topological polar surface area (TPSA) is 39.9 Å². The fourth-order valence-electron chi connectivity index (χ4n) is 3.10. The van der Waals surface area contributed by atoms with E-state index >= 15 is 0 Å². The molecule has 0 aliphatic carbocycles. The molecule has 1 aliphatic heterocycles. The second kappa shape index (κ2) is 5.13. The Hall–Kier alpha value is -2.08. The van der Waals surface area contributed by atoms with E-state index in [1.807, 2.05) is 0 Å². The molecule has 3 rings (SSSR count). The van der Waals surface area contributed by atoms with Gasteiger partial charge in [-0.2, -0.15) is 5.26 Å². The first-order valence-electron chi connectivity index (χ1n) is 7.22. The summed E-state index contributed by atoms with van der Waals surface area (Å²) in [5.74, 6) is 1.02. The Kier molecular flexibility index (Phi) is 3.31. The Labute approximate surface area is 119 Å². The first-order valence-corrected chi connectivity index (χ1v) is 7.22. The number of anilines is 1. The minimum absolute atomic E-state index is 0.432. The molecule has 1 aromatic heterocycles. The molecule has 1 saturated heterocycles. The molecule has 0 amide bonds. The molecule has 102 valence electrons. The molecule has 2 aromatic rings. The van der Waals surface area contributed by atoms with E-state index in [-0.39, 0.29) is 0 Å². The van der Waals surface area contributed by atoms with Gasteiger partial charge in [-0.1, -0.05) is 11.6 Å². The number of hydrogen-bond donors (Lipinski definition) is 0. The third kappa shape index (κ3) is 2.22. The smallest absolute Gasteiger partial charge is 0.133 e. The molecular formula is C17H19N3. The number of nitriles is 1. The Morgan fingerprint density at radius 2 is 1.95 bits per heavy atom. The van der Waals surface area contributed by atoms with Crippen LogP contribution in [0.2, 0.25) is 0 Å². The van der Waals surface area contributed by atoms with Crippen molar-refractivity contribution < 1.29 is 0 Å². The van der Waals surface area contributed by atoms with Crippen molar-refractivity contribution in [2.45, 2.75) is 33.1 Å². The van der Waals surface area contributed by atoms with Crippen LogP contribution in [0.1, 0.15) is 29.5 Å². The van der Waals surface area contributed by atoms with E-state index in [1.165, 1.54) is 24.0 Å². The van der Waals surface area contributed by atoms with Crippen molar-refractivity contribution in [1.82, 2.24) is 4.98 Å². The molecule has 20 heavy (non-hydrogen) atoms. The van der Waals surface area contributed by atoms with Crippen LogP contribution in [0.5, 0.6) is 0 Å². The minimum atomic E-state index is 0.432. The van der Waals surface area contributed by atoms with E-state index in [0.29, 0.717) is 6.42 Å². The van der Waals surface area contributed by atoms with Gasteiger partial charge in [-0.05, 0) is 44.4 Å². The lowest BCUT2D eigenvalue weighted by molar-refractivity contribution is 0.929. The van der Waals surface area contributed by atoms with Gasteiger partial charge in [0.1, 0.15) is 5.82 Å². The number of aromatic nitrogens is 1. The maximum absolute atomic E-state index is 9.07. The van der Waals surface area contributed by atoms with Crippen LogP contribution < -0.4 is 4.90 Å². The van der Waals surface area contributed by atoms with Crippen LogP contribution in [0.3, 0.4) is 0 Å². The zero-order valence-electron chi connectivity index (χ0n) is 12.1. The van der Waals surface area contributed by atoms with Crippen molar-refractivity contribution in [3.63, 3.8) is 0 Å². The minimum Gasteiger partial charge on any atom is -0.356 e. The molecule has 0 N–H and O–H groups in total. The van der Waals surface area contributed by atoms with Gasteiger partial charge >= 0.3 is 0 Å². The molecule has 1 aliphatic rings. The molecular weight excluding hydrogens is 246 g/mol. The lowest BCUT2D eigenvalue weighted by Gasteiger charge is -2.20. The quantitative estimate of drug-likeness (QED) is 0.834. The van der Waals surface area contributed by atoms with E-state index in [9.17, 15) is 0 Å². The van der Waals surface area contributed by atoms with Gasteiger partial charge in [0.05, 0.1) is 18.0 Å². The second-order valence-corrected chi connectivity index (χ2v) is 5.65. The lowest BCUT2D eigenvalue weighted by Crippen LogP contribution is -2.20. The van der Waals surface area contributed by atoms with Crippen molar-refractivity contribution in [2.75, 3.05) is 18.0 Å². The summed E-state index contributed by atoms with van der Waals surface area (Å²) in [6.07, 6.45) is 2.87. The Balaban J connectivity index is 2.21. The van der Waals surface area contributed by atoms with Crippen molar-refractivity contribution in [3.8, 4) is 6.07 Å². The predicted octanol–water partition coefficient (Wildman–Crippen LogP) is 3.52. The van der Waals surface area contributed by atoms with E-state index in [1.54, 1.807) is 0 Å². The van der Waals surface area contributed by atoms with Crippen LogP contribution in [0.25, 0.3) is 10.9 Å². The van der Waals surface area contributed by atoms with Gasteiger partial charge in [-0.25, -0.2) is 4.98 Å². The van der Waals surface area contributed by atoms with Crippen LogP contribution in [-0.2, 0) is 6.42 Å². The van der Waals surface area contributed by atoms with Gasteiger partial charge in [0, 0.05) is 24.0 Å². The van der Waals surface area contributed by atoms with Crippen LogP contribution in [0.15, 0.2) is 18.2 Å². The Morgan fingerprint density at radius 1 is 1.20 bits per heavy atom. The number of pyridine rings is 1. The van der Waals surface area contributed by atoms with Gasteiger partial charge in [0.15, 0.2) is 0 Å². The van der Waals surface area contributed by atoms with Crippen molar-refractivity contribution in [1.29, 1.82) is 5.26 Å². The first kappa shape index (κ1) is 12.9. The Bertz CT molecular complexity index is 691. The fourth-order valence-corrected chi connectivity index (χ4v) is 3.10. The summed E-state index contributed by atoms with van der Waals surface area (Å²) in [5.41, 5.74) is 4.59. The Morgan fingerprint density at radius 3 is 2.65 bits per heavy atom. The summed E-state index contributed by atoms with van der Waals surface area (Å²) in [4.78, 5) is 7.22. The van der Waals surface area contributed by atoms with Gasteiger partial charge in [-0.3, -0.25) is 0 Å². The van der Waals surface area contributed by atoms with E-state index in [0.717, 1.165) is 35.4 Å². The molecule has 0 bridgehead atoms. The van der Waals surface area contributed by atoms with Gasteiger partial charge in [0.25, 0.3) is 0 Å². The third-order valence-corrected chi connectivity index (χ3v) is 3.98. The molecule has 1 fully saturated rings. The van der Waals surface area contributed by atoms with Crippen molar-refractivity contribution in [2.24, 2.45) is 0 Å². The average molecular weight is 265 g/mol. The average Bonchev–Trinajstić information content (AvgIpc) is 2.92. The predicted molar refractivity (Wildman–Crippen MR) is 82.0 cm³/mol. The number of benzene rings is 1. The highest BCUT2D eigenvalue weighted by Gasteiger charge is 2.18. The van der Waals surface area contributed by atoms with Crippen molar-refractivity contribution in [3.05, 3.63) is 34.9 Å². The number of fused-ring (bicyclic) bond motifs is 1. The summed E-state index contributed by atoms with van der Waals surface area (Å²) in [6, 6.07) is 8.76. The highest BCUT2D eigenvalue weighted by atomic mass is 15.2. The normalized spacial score (nSPS) is 14.8. The van der Waals surface area contributed by atoms with Crippen LogP contribution >= 0.6 is 0 Å². The van der Waals surface area contributed by atoms with Gasteiger partial charge in [-0.15, -0.1) is 0 Å². The molecule has 0 saturated carbocycles. The first-order chi connectivity index (χ1) is 9.69. The zero-order valence-corrected chi connectivity index (χ0v) is 12.1. The largest absolute Gasteiger partial charge is 0.356 e. The molecule has 0 radical (unpaired) electrons. The monoisotopic (exact) mass is 265 g/mol. The van der Waals surface area contributed by atoms with Crippen molar-refractivity contribution >= 4 is 16.7 Å². The standard InChI is InChI=1S/C17H19N3/c1-12-9-13(2)16-15(10-12)11-14(5-6-18)17(19-16)20-7-3-4-8-20/h9-11H,3-5,7-8H2,1-2H3. The van der Waals surface area contributed by atoms with E-state index in [2.05, 4.69) is 43.0 Å². The molecule has 2 heterocycles. The molecule has 0 spiro atoms. The maximum atomic E-state index is 9.07. The summed E-state index contributed by atoms with van der Waals surface area (Å²) in [7, 11) is 0. The molecule has 0 unspecified atom stereocenters. The van der Waals surface area contributed by atoms with E-state index in [4.69, 9.17) is 10.2 Å². The number of hydrogen-bond acceptors (Lipinski definition) is 3. The van der Waals surface area contributed by atoms with Crippen LogP contribution in [0.4, 0.5) is 5.82 Å². The van der Waals surface area contributed by atoms with Gasteiger partial charge in [0.2, 0.25) is 0 Å². The molecule has 3 nitrogen and oxygen atoms in total. The summed E-state index contributed by atoms with van der Waals surface area (Å²) in [6.45, 7) is 6.33. The highest BCUT2D eigenvalue weighted by molar-refractivity contribution is 5.85. The number of rotatable bonds is 2. The number of nitrogens with zero attached hydrogens (tertiary/aromatic N) is 3. The van der Waals surface area contributed by atoms with E-state index < -0.39 is 0 Å². The summed E-state index contributed by atoms with van der Waals surface area (Å²) in [5, 5.41) is 10.2. The molecule has 1 aromatic carbocycles. The molecule has 3 heteroatoms. The third-order valence-electron chi connectivity index (χ3n) is 3.98. The maximum Gasteiger partial charge on any atom is 0.133 e. The molecule has 0 atom stereocenters. The zero-order chi connectivity index (χ0) is 14.1. The SMILES string of the molecule is Cc1cc(C)c2nc(N3CCCC3)c(CC#N)cc2c1. The fraction of sp³-hybridized carbons (Fsp3) is 0.412. The summed E-state index contributed by atoms with van der Waals surface area (Å²) < 4.78 is 0. The lowest BCUT2D eigenvalue weighted by atomic mass is 10.0. The van der Waals surface area contributed by atoms with Crippen LogP contribution in [-0.4, -0.2) is 18.1 Å². The van der Waals surface area contributed by atoms with Gasteiger partial charge < -0.3 is 4.90 Å².